The maximum Gasteiger partial charge on any atom is 0.377 e. The van der Waals surface area contributed by atoms with Crippen LogP contribution in [-0.4, -0.2) is 21.2 Å². The van der Waals surface area contributed by atoms with E-state index in [1.54, 1.807) is 18.2 Å². The SMILES string of the molecule is O=C(O)c1noc(-c2ccc(Cl)cc2Br)n1. The Hall–Kier alpha value is -1.40. The summed E-state index contributed by atoms with van der Waals surface area (Å²) < 4.78 is 5.47. The topological polar surface area (TPSA) is 76.2 Å². The highest BCUT2D eigenvalue weighted by atomic mass is 79.9. The Kier molecular flexibility index (Phi) is 2.93. The molecule has 0 radical (unpaired) electrons. The van der Waals surface area contributed by atoms with Crippen LogP contribution in [0.15, 0.2) is 27.2 Å². The first kappa shape index (κ1) is 11.1. The lowest BCUT2D eigenvalue weighted by Gasteiger charge is -1.98. The lowest BCUT2D eigenvalue weighted by Crippen LogP contribution is -1.98. The number of halogens is 2. The van der Waals surface area contributed by atoms with E-state index in [1.807, 2.05) is 0 Å². The number of hydrogen-bond acceptors (Lipinski definition) is 4. The van der Waals surface area contributed by atoms with E-state index in [4.69, 9.17) is 21.2 Å². The summed E-state index contributed by atoms with van der Waals surface area (Å²) in [5, 5.41) is 12.5. The zero-order valence-corrected chi connectivity index (χ0v) is 9.99. The molecule has 1 aromatic heterocycles. The molecule has 0 atom stereocenters. The first-order valence-electron chi connectivity index (χ1n) is 4.10. The second-order valence-electron chi connectivity index (χ2n) is 2.85. The average Bonchev–Trinajstić information content (AvgIpc) is 2.66. The van der Waals surface area contributed by atoms with Gasteiger partial charge in [-0.15, -0.1) is 0 Å². The molecule has 5 nitrogen and oxygen atoms in total. The Labute approximate surface area is 103 Å². The molecule has 0 spiro atoms. The predicted octanol–water partition coefficient (Wildman–Crippen LogP) is 2.85. The van der Waals surface area contributed by atoms with Crippen LogP contribution in [0.3, 0.4) is 0 Å². The lowest BCUT2D eigenvalue weighted by atomic mass is 10.2. The number of carboxylic acids is 1. The highest BCUT2D eigenvalue weighted by molar-refractivity contribution is 9.10. The van der Waals surface area contributed by atoms with Crippen molar-refractivity contribution in [2.75, 3.05) is 0 Å². The van der Waals surface area contributed by atoms with E-state index in [2.05, 4.69) is 26.1 Å². The first-order chi connectivity index (χ1) is 7.58. The minimum Gasteiger partial charge on any atom is -0.475 e. The van der Waals surface area contributed by atoms with Gasteiger partial charge >= 0.3 is 5.97 Å². The second-order valence-corrected chi connectivity index (χ2v) is 4.14. The number of benzene rings is 1. The number of hydrogen-bond donors (Lipinski definition) is 1. The van der Waals surface area contributed by atoms with Crippen LogP contribution in [0.5, 0.6) is 0 Å². The molecule has 0 aliphatic rings. The molecule has 1 aromatic carbocycles. The largest absolute Gasteiger partial charge is 0.475 e. The van der Waals surface area contributed by atoms with Gasteiger partial charge in [-0.05, 0) is 39.3 Å². The van der Waals surface area contributed by atoms with Crippen LogP contribution in [0.1, 0.15) is 10.6 Å². The van der Waals surface area contributed by atoms with E-state index in [0.29, 0.717) is 15.1 Å². The van der Waals surface area contributed by atoms with E-state index in [1.165, 1.54) is 0 Å². The number of carbonyl (C=O) groups is 1. The molecular formula is C9H4BrClN2O3. The molecule has 0 aliphatic carbocycles. The highest BCUT2D eigenvalue weighted by Crippen LogP contribution is 2.29. The van der Waals surface area contributed by atoms with E-state index < -0.39 is 5.97 Å². The molecule has 0 saturated heterocycles. The molecule has 2 aromatic rings. The third-order valence-corrected chi connectivity index (χ3v) is 2.67. The summed E-state index contributed by atoms with van der Waals surface area (Å²) in [5.74, 6) is -1.49. The summed E-state index contributed by atoms with van der Waals surface area (Å²) >= 11 is 9.04. The smallest absolute Gasteiger partial charge is 0.377 e. The summed E-state index contributed by atoms with van der Waals surface area (Å²) in [5.41, 5.74) is 0.587. The van der Waals surface area contributed by atoms with Gasteiger partial charge in [-0.1, -0.05) is 11.6 Å². The fraction of sp³-hybridized carbons (Fsp3) is 0. The van der Waals surface area contributed by atoms with Crippen LogP contribution < -0.4 is 0 Å². The normalized spacial score (nSPS) is 10.4. The van der Waals surface area contributed by atoms with Crippen molar-refractivity contribution >= 4 is 33.5 Å². The zero-order chi connectivity index (χ0) is 11.7. The van der Waals surface area contributed by atoms with Gasteiger partial charge in [0.1, 0.15) is 0 Å². The molecule has 16 heavy (non-hydrogen) atoms. The molecule has 82 valence electrons. The molecular weight excluding hydrogens is 299 g/mol. The first-order valence-corrected chi connectivity index (χ1v) is 5.27. The van der Waals surface area contributed by atoms with Crippen LogP contribution in [0.25, 0.3) is 11.5 Å². The third kappa shape index (κ3) is 2.07. The van der Waals surface area contributed by atoms with Crippen molar-refractivity contribution in [3.8, 4) is 11.5 Å². The Bertz CT molecular complexity index is 555. The molecule has 0 bridgehead atoms. The Morgan fingerprint density at radius 1 is 1.50 bits per heavy atom. The van der Waals surface area contributed by atoms with Crippen molar-refractivity contribution < 1.29 is 14.4 Å². The van der Waals surface area contributed by atoms with Crippen molar-refractivity contribution in [3.05, 3.63) is 33.5 Å². The standard InChI is InChI=1S/C9H4BrClN2O3/c10-6-3-4(11)1-2-5(6)8-12-7(9(14)15)13-16-8/h1-3H,(H,14,15). The predicted molar refractivity (Wildman–Crippen MR) is 59.4 cm³/mol. The van der Waals surface area contributed by atoms with Crippen molar-refractivity contribution in [2.24, 2.45) is 0 Å². The van der Waals surface area contributed by atoms with E-state index in [9.17, 15) is 4.79 Å². The second kappa shape index (κ2) is 4.23. The molecule has 0 fully saturated rings. The van der Waals surface area contributed by atoms with Gasteiger partial charge < -0.3 is 9.63 Å². The Balaban J connectivity index is 2.46. The lowest BCUT2D eigenvalue weighted by molar-refractivity contribution is 0.0680. The molecule has 1 N–H and O–H groups in total. The molecule has 0 unspecified atom stereocenters. The Morgan fingerprint density at radius 3 is 2.81 bits per heavy atom. The van der Waals surface area contributed by atoms with Gasteiger partial charge in [-0.25, -0.2) is 4.79 Å². The number of aromatic carboxylic acids is 1. The zero-order valence-electron chi connectivity index (χ0n) is 7.65. The van der Waals surface area contributed by atoms with E-state index in [0.717, 1.165) is 0 Å². The summed E-state index contributed by atoms with van der Waals surface area (Å²) in [7, 11) is 0. The fourth-order valence-corrected chi connectivity index (χ4v) is 1.93. The monoisotopic (exact) mass is 302 g/mol. The quantitative estimate of drug-likeness (QED) is 0.923. The van der Waals surface area contributed by atoms with Gasteiger partial charge in [0.15, 0.2) is 0 Å². The maximum absolute atomic E-state index is 10.6. The number of aromatic nitrogens is 2. The highest BCUT2D eigenvalue weighted by Gasteiger charge is 2.16. The fourth-order valence-electron chi connectivity index (χ4n) is 1.08. The van der Waals surface area contributed by atoms with Gasteiger partial charge in [0.05, 0.1) is 5.56 Å². The third-order valence-electron chi connectivity index (χ3n) is 1.78. The van der Waals surface area contributed by atoms with Gasteiger partial charge in [-0.2, -0.15) is 4.98 Å². The van der Waals surface area contributed by atoms with Crippen LogP contribution in [0.2, 0.25) is 5.02 Å². The summed E-state index contributed by atoms with van der Waals surface area (Å²) in [4.78, 5) is 14.3. The summed E-state index contributed by atoms with van der Waals surface area (Å²) in [6, 6.07) is 4.96. The van der Waals surface area contributed by atoms with Crippen molar-refractivity contribution in [2.45, 2.75) is 0 Å². The maximum atomic E-state index is 10.6. The molecule has 0 amide bonds. The number of rotatable bonds is 2. The number of carboxylic acid groups (broad SMARTS) is 1. The average molecular weight is 303 g/mol. The van der Waals surface area contributed by atoms with Crippen LogP contribution >= 0.6 is 27.5 Å². The minimum atomic E-state index is -1.24. The summed E-state index contributed by atoms with van der Waals surface area (Å²) in [6.07, 6.45) is 0. The van der Waals surface area contributed by atoms with Crippen molar-refractivity contribution in [3.63, 3.8) is 0 Å². The van der Waals surface area contributed by atoms with Gasteiger partial charge in [0, 0.05) is 9.50 Å². The molecule has 0 aliphatic heterocycles. The van der Waals surface area contributed by atoms with Crippen LogP contribution in [0.4, 0.5) is 0 Å². The van der Waals surface area contributed by atoms with Crippen molar-refractivity contribution in [1.29, 1.82) is 0 Å². The van der Waals surface area contributed by atoms with Gasteiger partial charge in [0.25, 0.3) is 11.7 Å². The van der Waals surface area contributed by atoms with Crippen molar-refractivity contribution in [1.82, 2.24) is 10.1 Å². The molecule has 7 heteroatoms. The molecule has 2 rings (SSSR count). The molecule has 1 heterocycles. The number of nitrogens with zero attached hydrogens (tertiary/aromatic N) is 2. The molecule has 0 saturated carbocycles. The van der Waals surface area contributed by atoms with Gasteiger partial charge in [0.2, 0.25) is 0 Å². The van der Waals surface area contributed by atoms with E-state index in [-0.39, 0.29) is 11.7 Å². The minimum absolute atomic E-state index is 0.126. The van der Waals surface area contributed by atoms with E-state index >= 15 is 0 Å². The Morgan fingerprint density at radius 2 is 2.25 bits per heavy atom. The van der Waals surface area contributed by atoms with Crippen LogP contribution in [0, 0.1) is 0 Å². The van der Waals surface area contributed by atoms with Gasteiger partial charge in [-0.3, -0.25) is 0 Å². The summed E-state index contributed by atoms with van der Waals surface area (Å²) in [6.45, 7) is 0. The van der Waals surface area contributed by atoms with Crippen LogP contribution in [-0.2, 0) is 0 Å².